The smallest absolute Gasteiger partial charge is 0.107 e. The van der Waals surface area contributed by atoms with Crippen LogP contribution in [0.4, 0.5) is 0 Å². The molecule has 0 saturated carbocycles. The standard InChI is InChI=1S/C2H8OP/c1-2-3-4/h2H2,1,4H3/q+1. The van der Waals surface area contributed by atoms with Gasteiger partial charge in [-0.05, 0) is 6.92 Å². The third-order valence-corrected chi connectivity index (χ3v) is 0.612. The molecule has 0 radical (unpaired) electrons. The van der Waals surface area contributed by atoms with Crippen LogP contribution in [0.1, 0.15) is 6.92 Å². The third kappa shape index (κ3) is 2.39. The molecule has 0 saturated heterocycles. The molecule has 0 N–H and O–H groups in total. The predicted octanol–water partition coefficient (Wildman–Crippen LogP) is 0.545. The van der Waals surface area contributed by atoms with Crippen molar-refractivity contribution in [2.45, 2.75) is 6.92 Å². The van der Waals surface area contributed by atoms with Crippen LogP contribution in [0.5, 0.6) is 0 Å². The van der Waals surface area contributed by atoms with E-state index in [9.17, 15) is 0 Å². The highest BCUT2D eigenvalue weighted by Gasteiger charge is 1.58. The predicted molar refractivity (Wildman–Crippen MR) is 22.7 cm³/mol. The number of rotatable bonds is 1. The fourth-order valence-corrected chi connectivity index (χ4v) is 0. The molecular weight excluding hydrogens is 71.0 g/mol. The lowest BCUT2D eigenvalue weighted by Crippen LogP contribution is -1.63. The van der Waals surface area contributed by atoms with Crippen molar-refractivity contribution in [1.29, 1.82) is 0 Å². The average Bonchev–Trinajstić information content (AvgIpc) is 1.37. The van der Waals surface area contributed by atoms with Gasteiger partial charge in [0.1, 0.15) is 9.47 Å². The minimum absolute atomic E-state index is 0.832. The first-order valence-electron chi connectivity index (χ1n) is 1.28. The maximum Gasteiger partial charge on any atom is 0.107 e. The lowest BCUT2D eigenvalue weighted by molar-refractivity contribution is 0.400. The lowest BCUT2D eigenvalue weighted by atomic mass is 10.9. The summed E-state index contributed by atoms with van der Waals surface area (Å²) >= 11 is 0. The summed E-state index contributed by atoms with van der Waals surface area (Å²) in [5.41, 5.74) is 0. The Morgan fingerprint density at radius 3 is 2.25 bits per heavy atom. The van der Waals surface area contributed by atoms with Crippen molar-refractivity contribution < 1.29 is 4.52 Å². The largest absolute Gasteiger partial charge is 0.246 e. The summed E-state index contributed by atoms with van der Waals surface area (Å²) in [6, 6.07) is 0. The molecule has 0 amide bonds. The van der Waals surface area contributed by atoms with Crippen molar-refractivity contribution in [2.75, 3.05) is 6.61 Å². The van der Waals surface area contributed by atoms with Crippen molar-refractivity contribution in [3.63, 3.8) is 0 Å². The van der Waals surface area contributed by atoms with E-state index in [1.165, 1.54) is 9.47 Å². The quantitative estimate of drug-likeness (QED) is 0.417. The molecule has 0 bridgehead atoms. The Kier molecular flexibility index (Phi) is 3.72. The summed E-state index contributed by atoms with van der Waals surface area (Å²) in [6.45, 7) is 2.80. The van der Waals surface area contributed by atoms with E-state index in [1.54, 1.807) is 0 Å². The van der Waals surface area contributed by atoms with Gasteiger partial charge in [-0.25, -0.2) is 4.52 Å². The van der Waals surface area contributed by atoms with Crippen molar-refractivity contribution in [3.8, 4) is 0 Å². The van der Waals surface area contributed by atoms with Crippen LogP contribution in [-0.2, 0) is 4.52 Å². The van der Waals surface area contributed by atoms with Gasteiger partial charge < -0.3 is 0 Å². The molecule has 1 nitrogen and oxygen atoms in total. The molecule has 0 aliphatic heterocycles. The van der Waals surface area contributed by atoms with Crippen LogP contribution in [0.15, 0.2) is 0 Å². The first-order chi connectivity index (χ1) is 1.91. The molecule has 0 rings (SSSR count). The van der Waals surface area contributed by atoms with Crippen LogP contribution in [0.2, 0.25) is 0 Å². The highest BCUT2D eigenvalue weighted by molar-refractivity contribution is 7.09. The summed E-state index contributed by atoms with van der Waals surface area (Å²) < 4.78 is 4.57. The van der Waals surface area contributed by atoms with Gasteiger partial charge in [-0.3, -0.25) is 0 Å². The Labute approximate surface area is 28.6 Å². The maximum absolute atomic E-state index is 4.57. The van der Waals surface area contributed by atoms with Gasteiger partial charge in [0.15, 0.2) is 0 Å². The molecule has 4 heavy (non-hydrogen) atoms. The molecule has 0 aromatic heterocycles. The summed E-state index contributed by atoms with van der Waals surface area (Å²) in [7, 11) is 1.52. The average molecular weight is 79.1 g/mol. The molecule has 0 heterocycles. The normalized spacial score (nSPS) is 8.25. The van der Waals surface area contributed by atoms with Crippen molar-refractivity contribution in [2.24, 2.45) is 0 Å². The van der Waals surface area contributed by atoms with E-state index in [0.29, 0.717) is 0 Å². The molecule has 0 aliphatic carbocycles. The zero-order valence-electron chi connectivity index (χ0n) is 2.82. The summed E-state index contributed by atoms with van der Waals surface area (Å²) in [5, 5.41) is 0. The zero-order chi connectivity index (χ0) is 3.41. The molecule has 26 valence electrons. The van der Waals surface area contributed by atoms with Gasteiger partial charge >= 0.3 is 0 Å². The van der Waals surface area contributed by atoms with E-state index < -0.39 is 0 Å². The van der Waals surface area contributed by atoms with Crippen LogP contribution in [0.3, 0.4) is 0 Å². The molecule has 0 aromatic carbocycles. The molecular formula is C2H8OP+. The van der Waals surface area contributed by atoms with E-state index in [1.807, 2.05) is 6.92 Å². The maximum atomic E-state index is 4.57. The Morgan fingerprint density at radius 2 is 2.25 bits per heavy atom. The van der Waals surface area contributed by atoms with Gasteiger partial charge in [-0.15, -0.1) is 0 Å². The van der Waals surface area contributed by atoms with E-state index in [2.05, 4.69) is 4.52 Å². The second-order valence-corrected chi connectivity index (χ2v) is 0.901. The highest BCUT2D eigenvalue weighted by atomic mass is 31.0. The zero-order valence-corrected chi connectivity index (χ0v) is 4.24. The molecule has 2 heteroatoms. The van der Waals surface area contributed by atoms with Crippen molar-refractivity contribution >= 4 is 9.47 Å². The van der Waals surface area contributed by atoms with Gasteiger partial charge in [0.05, 0.1) is 6.61 Å². The molecule has 0 fully saturated rings. The van der Waals surface area contributed by atoms with Crippen LogP contribution in [0, 0.1) is 0 Å². The van der Waals surface area contributed by atoms with Gasteiger partial charge in [-0.1, -0.05) is 0 Å². The molecule has 1 unspecified atom stereocenters. The molecule has 1 atom stereocenters. The topological polar surface area (TPSA) is 9.23 Å². The minimum Gasteiger partial charge on any atom is -0.246 e. The number of hydrogen-bond acceptors (Lipinski definition) is 1. The lowest BCUT2D eigenvalue weighted by Gasteiger charge is -1.67. The van der Waals surface area contributed by atoms with Crippen molar-refractivity contribution in [3.05, 3.63) is 0 Å². The summed E-state index contributed by atoms with van der Waals surface area (Å²) in [5.74, 6) is 0. The fraction of sp³-hybridized carbons (Fsp3) is 1.00. The second-order valence-electron chi connectivity index (χ2n) is 0.493. The Bertz CT molecular complexity index is 8.00. The van der Waals surface area contributed by atoms with Gasteiger partial charge in [0.25, 0.3) is 0 Å². The molecule has 0 spiro atoms. The first-order valence-corrected chi connectivity index (χ1v) is 1.86. The van der Waals surface area contributed by atoms with E-state index >= 15 is 0 Å². The van der Waals surface area contributed by atoms with Gasteiger partial charge in [0.2, 0.25) is 0 Å². The fourth-order valence-electron chi connectivity index (χ4n) is 0. The van der Waals surface area contributed by atoms with Crippen LogP contribution >= 0.6 is 9.47 Å². The van der Waals surface area contributed by atoms with Crippen LogP contribution < -0.4 is 0 Å². The first kappa shape index (κ1) is 4.39. The molecule has 0 aliphatic rings. The summed E-state index contributed by atoms with van der Waals surface area (Å²) in [6.07, 6.45) is 0. The van der Waals surface area contributed by atoms with Gasteiger partial charge in [-0.2, -0.15) is 0 Å². The van der Waals surface area contributed by atoms with Crippen LogP contribution in [-0.4, -0.2) is 6.61 Å². The van der Waals surface area contributed by atoms with Gasteiger partial charge in [0, 0.05) is 0 Å². The van der Waals surface area contributed by atoms with E-state index in [-0.39, 0.29) is 0 Å². The number of hydrogen-bond donors (Lipinski definition) is 0. The summed E-state index contributed by atoms with van der Waals surface area (Å²) in [4.78, 5) is 0. The van der Waals surface area contributed by atoms with E-state index in [4.69, 9.17) is 0 Å². The Balaban J connectivity index is 1.97. The molecule has 0 aromatic rings. The van der Waals surface area contributed by atoms with E-state index in [0.717, 1.165) is 6.61 Å². The third-order valence-electron chi connectivity index (χ3n) is 0.204. The second kappa shape index (κ2) is 3.39. The minimum atomic E-state index is 0.832. The Morgan fingerprint density at radius 1 is 2.00 bits per heavy atom. The monoisotopic (exact) mass is 79.0 g/mol. The van der Waals surface area contributed by atoms with Crippen LogP contribution in [0.25, 0.3) is 0 Å². The SMILES string of the molecule is CCO[PH3+]. The highest BCUT2D eigenvalue weighted by Crippen LogP contribution is 1.77. The van der Waals surface area contributed by atoms with Crippen molar-refractivity contribution in [1.82, 2.24) is 0 Å². The Hall–Kier alpha value is 0.390.